The van der Waals surface area contributed by atoms with E-state index < -0.39 is 0 Å². The normalized spacial score (nSPS) is 20.9. The highest BCUT2D eigenvalue weighted by atomic mass is 32.1. The summed E-state index contributed by atoms with van der Waals surface area (Å²) in [4.78, 5) is 0.817. The topological polar surface area (TPSA) is 78.3 Å². The molecule has 0 aromatic carbocycles. The molecule has 2 N–H and O–H groups in total. The van der Waals surface area contributed by atoms with Gasteiger partial charge in [0.2, 0.25) is 4.96 Å². The highest BCUT2D eigenvalue weighted by Gasteiger charge is 2.28. The van der Waals surface area contributed by atoms with Crippen LogP contribution in [0.2, 0.25) is 0 Å². The Kier molecular flexibility index (Phi) is 2.84. The van der Waals surface area contributed by atoms with Crippen molar-refractivity contribution in [2.45, 2.75) is 38.2 Å². The maximum absolute atomic E-state index is 5.79. The fourth-order valence-electron chi connectivity index (χ4n) is 1.97. The molecule has 0 amide bonds. The van der Waals surface area contributed by atoms with Gasteiger partial charge in [-0.25, -0.2) is 0 Å². The first kappa shape index (κ1) is 12.0. The third-order valence-electron chi connectivity index (χ3n) is 3.32. The average molecular weight is 267 g/mol. The predicted octanol–water partition coefficient (Wildman–Crippen LogP) is 1.27. The highest BCUT2D eigenvalue weighted by Crippen LogP contribution is 2.31. The summed E-state index contributed by atoms with van der Waals surface area (Å²) in [5.41, 5.74) is 5.66. The van der Waals surface area contributed by atoms with Crippen molar-refractivity contribution < 1.29 is 4.74 Å². The summed E-state index contributed by atoms with van der Waals surface area (Å²) >= 11 is 1.55. The number of hydrogen-bond acceptors (Lipinski definition) is 6. The first-order valence-electron chi connectivity index (χ1n) is 6.16. The van der Waals surface area contributed by atoms with Gasteiger partial charge in [0, 0.05) is 18.6 Å². The zero-order valence-corrected chi connectivity index (χ0v) is 11.4. The summed E-state index contributed by atoms with van der Waals surface area (Å²) in [5.74, 6) is 0.817. The van der Waals surface area contributed by atoms with E-state index in [9.17, 15) is 0 Å². The van der Waals surface area contributed by atoms with Gasteiger partial charge in [0.25, 0.3) is 0 Å². The molecule has 7 heteroatoms. The molecule has 0 radical (unpaired) electrons. The molecule has 6 nitrogen and oxygen atoms in total. The van der Waals surface area contributed by atoms with Gasteiger partial charge < -0.3 is 10.5 Å². The van der Waals surface area contributed by atoms with Gasteiger partial charge in [-0.1, -0.05) is 25.2 Å². The van der Waals surface area contributed by atoms with Gasteiger partial charge >= 0.3 is 0 Å². The second kappa shape index (κ2) is 4.25. The van der Waals surface area contributed by atoms with Crippen molar-refractivity contribution >= 4 is 16.3 Å². The molecule has 2 aromatic heterocycles. The van der Waals surface area contributed by atoms with Gasteiger partial charge in [0.1, 0.15) is 11.1 Å². The van der Waals surface area contributed by atoms with Crippen LogP contribution in [0.3, 0.4) is 0 Å². The number of nitrogens with zero attached hydrogens (tertiary/aromatic N) is 4. The van der Waals surface area contributed by atoms with E-state index in [2.05, 4.69) is 29.1 Å². The van der Waals surface area contributed by atoms with Crippen molar-refractivity contribution in [3.63, 3.8) is 0 Å². The number of aromatic nitrogens is 4. The summed E-state index contributed by atoms with van der Waals surface area (Å²) in [5, 5.41) is 14.0. The molecule has 1 atom stereocenters. The lowest BCUT2D eigenvalue weighted by Gasteiger charge is -2.17. The largest absolute Gasteiger partial charge is 0.370 e. The molecular weight excluding hydrogens is 250 g/mol. The maximum Gasteiger partial charge on any atom is 0.234 e. The van der Waals surface area contributed by atoms with E-state index in [1.165, 1.54) is 0 Å². The Labute approximate surface area is 109 Å². The van der Waals surface area contributed by atoms with Crippen LogP contribution in [0.4, 0.5) is 0 Å². The van der Waals surface area contributed by atoms with Gasteiger partial charge in [-0.15, -0.1) is 10.2 Å². The molecule has 1 aliphatic heterocycles. The third kappa shape index (κ3) is 1.82. The van der Waals surface area contributed by atoms with Crippen LogP contribution in [0.1, 0.15) is 43.6 Å². The predicted molar refractivity (Wildman–Crippen MR) is 68.7 cm³/mol. The maximum atomic E-state index is 5.79. The molecule has 3 heterocycles. The monoisotopic (exact) mass is 267 g/mol. The lowest BCUT2D eigenvalue weighted by molar-refractivity contribution is 0.103. The Morgan fingerprint density at radius 1 is 1.50 bits per heavy atom. The van der Waals surface area contributed by atoms with Crippen molar-refractivity contribution in [2.75, 3.05) is 13.2 Å². The molecule has 1 unspecified atom stereocenters. The van der Waals surface area contributed by atoms with Crippen LogP contribution in [-0.4, -0.2) is 33.0 Å². The smallest absolute Gasteiger partial charge is 0.234 e. The van der Waals surface area contributed by atoms with Crippen molar-refractivity contribution in [2.24, 2.45) is 5.73 Å². The van der Waals surface area contributed by atoms with Gasteiger partial charge in [-0.05, 0) is 12.8 Å². The summed E-state index contributed by atoms with van der Waals surface area (Å²) in [6.45, 7) is 5.53. The summed E-state index contributed by atoms with van der Waals surface area (Å²) in [7, 11) is 0. The Morgan fingerprint density at radius 2 is 2.33 bits per heavy atom. The Hall–Kier alpha value is -1.05. The van der Waals surface area contributed by atoms with Gasteiger partial charge in [-0.3, -0.25) is 0 Å². The number of rotatable bonds is 3. The fourth-order valence-corrected chi connectivity index (χ4v) is 2.93. The molecule has 0 aliphatic carbocycles. The Balaban J connectivity index is 2.02. The van der Waals surface area contributed by atoms with Crippen LogP contribution in [0, 0.1) is 0 Å². The summed E-state index contributed by atoms with van der Waals surface area (Å²) in [6, 6.07) is 0. The van der Waals surface area contributed by atoms with E-state index in [0.29, 0.717) is 6.54 Å². The van der Waals surface area contributed by atoms with E-state index in [1.54, 1.807) is 11.3 Å². The molecule has 0 bridgehead atoms. The molecule has 0 spiro atoms. The molecule has 1 saturated heterocycles. The standard InChI is InChI=1S/C11H17N5OS/c1-11(2,6-12)9-15-16-8(7-4-3-5-17-7)13-14-10(16)18-9/h7H,3-6,12H2,1-2H3. The number of hydrogen-bond donors (Lipinski definition) is 1. The van der Waals surface area contributed by atoms with Crippen LogP contribution in [-0.2, 0) is 10.2 Å². The number of ether oxygens (including phenoxy) is 1. The minimum absolute atomic E-state index is 0.0379. The molecule has 98 valence electrons. The van der Waals surface area contributed by atoms with Crippen LogP contribution >= 0.6 is 11.3 Å². The van der Waals surface area contributed by atoms with Crippen LogP contribution < -0.4 is 5.73 Å². The van der Waals surface area contributed by atoms with Crippen molar-refractivity contribution in [1.82, 2.24) is 19.8 Å². The average Bonchev–Trinajstić information content (AvgIpc) is 3.03. The molecule has 18 heavy (non-hydrogen) atoms. The number of fused-ring (bicyclic) bond motifs is 1. The van der Waals surface area contributed by atoms with Crippen molar-refractivity contribution in [3.8, 4) is 0 Å². The fraction of sp³-hybridized carbons (Fsp3) is 0.727. The summed E-state index contributed by atoms with van der Waals surface area (Å²) in [6.07, 6.45) is 2.11. The zero-order valence-electron chi connectivity index (χ0n) is 10.6. The molecule has 0 saturated carbocycles. The molecule has 1 aliphatic rings. The van der Waals surface area contributed by atoms with E-state index in [0.717, 1.165) is 35.2 Å². The minimum Gasteiger partial charge on any atom is -0.370 e. The van der Waals surface area contributed by atoms with E-state index in [-0.39, 0.29) is 11.5 Å². The Morgan fingerprint density at radius 3 is 3.00 bits per heavy atom. The van der Waals surface area contributed by atoms with Gasteiger partial charge in [0.05, 0.1) is 0 Å². The van der Waals surface area contributed by atoms with E-state index >= 15 is 0 Å². The minimum atomic E-state index is -0.126. The first-order chi connectivity index (χ1) is 8.62. The van der Waals surface area contributed by atoms with Crippen molar-refractivity contribution in [3.05, 3.63) is 10.8 Å². The summed E-state index contributed by atoms with van der Waals surface area (Å²) < 4.78 is 7.46. The zero-order chi connectivity index (χ0) is 12.8. The highest BCUT2D eigenvalue weighted by molar-refractivity contribution is 7.16. The van der Waals surface area contributed by atoms with Crippen molar-refractivity contribution in [1.29, 1.82) is 0 Å². The second-order valence-corrected chi connectivity index (χ2v) is 6.21. The second-order valence-electron chi connectivity index (χ2n) is 5.25. The van der Waals surface area contributed by atoms with Gasteiger partial charge in [-0.2, -0.15) is 9.61 Å². The third-order valence-corrected chi connectivity index (χ3v) is 4.59. The van der Waals surface area contributed by atoms with Crippen LogP contribution in [0.25, 0.3) is 4.96 Å². The van der Waals surface area contributed by atoms with E-state index in [4.69, 9.17) is 10.5 Å². The first-order valence-corrected chi connectivity index (χ1v) is 6.98. The molecular formula is C11H17N5OS. The van der Waals surface area contributed by atoms with E-state index in [1.807, 2.05) is 4.52 Å². The molecule has 1 fully saturated rings. The molecule has 3 rings (SSSR count). The Bertz CT molecular complexity index is 555. The van der Waals surface area contributed by atoms with Gasteiger partial charge in [0.15, 0.2) is 5.82 Å². The molecule has 2 aromatic rings. The van der Waals surface area contributed by atoms with Crippen LogP contribution in [0.15, 0.2) is 0 Å². The van der Waals surface area contributed by atoms with Crippen LogP contribution in [0.5, 0.6) is 0 Å². The SMILES string of the molecule is CC(C)(CN)c1nn2c(C3CCCO3)nnc2s1. The lowest BCUT2D eigenvalue weighted by Crippen LogP contribution is -2.28. The quantitative estimate of drug-likeness (QED) is 0.906. The lowest BCUT2D eigenvalue weighted by atomic mass is 9.95. The number of nitrogens with two attached hydrogens (primary N) is 1.